The molecule has 1 fully saturated rings. The number of hydrogen-bond donors (Lipinski definition) is 4. The van der Waals surface area contributed by atoms with Gasteiger partial charge in [-0.25, -0.2) is 4.79 Å². The van der Waals surface area contributed by atoms with E-state index in [2.05, 4.69) is 10.6 Å². The lowest BCUT2D eigenvalue weighted by atomic mass is 10.0. The van der Waals surface area contributed by atoms with Gasteiger partial charge < -0.3 is 26.4 Å². The van der Waals surface area contributed by atoms with Crippen LogP contribution in [0.4, 0.5) is 0 Å². The molecule has 170 valence electrons. The Kier molecular flexibility index (Phi) is 8.99. The van der Waals surface area contributed by atoms with E-state index in [1.165, 1.54) is 4.90 Å². The largest absolute Gasteiger partial charge is 0.480 e. The van der Waals surface area contributed by atoms with Gasteiger partial charge in [0, 0.05) is 13.0 Å². The molecule has 2 rings (SSSR count). The van der Waals surface area contributed by atoms with Crippen LogP contribution in [0.2, 0.25) is 0 Å². The lowest BCUT2D eigenvalue weighted by Crippen LogP contribution is -2.54. The molecule has 0 radical (unpaired) electrons. The number of carbonyl (C=O) groups excluding carboxylic acids is 3. The van der Waals surface area contributed by atoms with E-state index < -0.39 is 41.8 Å². The summed E-state index contributed by atoms with van der Waals surface area (Å²) in [5, 5.41) is 14.6. The van der Waals surface area contributed by atoms with Crippen molar-refractivity contribution in [3.8, 4) is 0 Å². The molecule has 0 aromatic heterocycles. The lowest BCUT2D eigenvalue weighted by molar-refractivity contribution is -0.149. The molecule has 5 N–H and O–H groups in total. The van der Waals surface area contributed by atoms with E-state index in [-0.39, 0.29) is 18.9 Å². The Morgan fingerprint density at radius 2 is 1.87 bits per heavy atom. The fourth-order valence-electron chi connectivity index (χ4n) is 3.70. The van der Waals surface area contributed by atoms with Gasteiger partial charge in [-0.1, -0.05) is 44.2 Å². The van der Waals surface area contributed by atoms with Gasteiger partial charge in [0.2, 0.25) is 17.7 Å². The van der Waals surface area contributed by atoms with Gasteiger partial charge in [0.25, 0.3) is 0 Å². The Morgan fingerprint density at radius 3 is 2.48 bits per heavy atom. The number of nitrogens with zero attached hydrogens (tertiary/aromatic N) is 1. The molecule has 1 aromatic carbocycles. The molecule has 3 unspecified atom stereocenters. The first kappa shape index (κ1) is 24.3. The topological polar surface area (TPSA) is 142 Å². The highest BCUT2D eigenvalue weighted by Gasteiger charge is 2.37. The standard InChI is InChI=1S/C22H32N4O5/c1-14(2)11-16(23)20(28)24-13-19(27)25-17(12-15-7-4-3-5-8-15)21(29)26-10-6-9-18(26)22(30)31/h3-5,7-8,14,16-18H,6,9-13,23H2,1-2H3,(H,24,28)(H,25,27)(H,30,31). The van der Waals surface area contributed by atoms with Crippen molar-refractivity contribution in [3.63, 3.8) is 0 Å². The Bertz CT molecular complexity index is 783. The monoisotopic (exact) mass is 432 g/mol. The second kappa shape index (κ2) is 11.5. The predicted molar refractivity (Wildman–Crippen MR) is 115 cm³/mol. The molecule has 0 aliphatic carbocycles. The molecule has 1 aliphatic heterocycles. The number of carboxylic acids is 1. The molecular formula is C22H32N4O5. The van der Waals surface area contributed by atoms with Crippen LogP contribution in [0.3, 0.4) is 0 Å². The van der Waals surface area contributed by atoms with Crippen molar-refractivity contribution in [3.05, 3.63) is 35.9 Å². The fraction of sp³-hybridized carbons (Fsp3) is 0.545. The van der Waals surface area contributed by atoms with Crippen molar-refractivity contribution < 1.29 is 24.3 Å². The molecule has 0 spiro atoms. The third-order valence-electron chi connectivity index (χ3n) is 5.22. The first-order valence-electron chi connectivity index (χ1n) is 10.6. The summed E-state index contributed by atoms with van der Waals surface area (Å²) >= 11 is 0. The number of rotatable bonds is 10. The molecule has 9 heteroatoms. The minimum atomic E-state index is -1.05. The minimum Gasteiger partial charge on any atom is -0.480 e. The van der Waals surface area contributed by atoms with Gasteiger partial charge >= 0.3 is 5.97 Å². The summed E-state index contributed by atoms with van der Waals surface area (Å²) in [6.45, 7) is 3.91. The van der Waals surface area contributed by atoms with Gasteiger partial charge in [0.15, 0.2) is 0 Å². The third-order valence-corrected chi connectivity index (χ3v) is 5.22. The molecule has 3 amide bonds. The van der Waals surface area contributed by atoms with Crippen molar-refractivity contribution in [2.24, 2.45) is 11.7 Å². The average Bonchev–Trinajstić information content (AvgIpc) is 3.21. The number of nitrogens with one attached hydrogen (secondary N) is 2. The quantitative estimate of drug-likeness (QED) is 0.418. The van der Waals surface area contributed by atoms with Crippen LogP contribution in [0.15, 0.2) is 30.3 Å². The number of hydrogen-bond acceptors (Lipinski definition) is 5. The van der Waals surface area contributed by atoms with Crippen molar-refractivity contribution in [2.75, 3.05) is 13.1 Å². The molecule has 1 aromatic rings. The molecule has 0 saturated carbocycles. The normalized spacial score (nSPS) is 17.8. The van der Waals surface area contributed by atoms with Gasteiger partial charge in [-0.3, -0.25) is 14.4 Å². The van der Waals surface area contributed by atoms with Gasteiger partial charge in [0.05, 0.1) is 12.6 Å². The maximum atomic E-state index is 13.1. The number of benzene rings is 1. The van der Waals surface area contributed by atoms with Gasteiger partial charge in [0.1, 0.15) is 12.1 Å². The molecule has 1 saturated heterocycles. The fourth-order valence-corrected chi connectivity index (χ4v) is 3.70. The molecule has 0 bridgehead atoms. The zero-order valence-corrected chi connectivity index (χ0v) is 18.0. The van der Waals surface area contributed by atoms with Crippen molar-refractivity contribution >= 4 is 23.7 Å². The summed E-state index contributed by atoms with van der Waals surface area (Å²) in [6, 6.07) is 6.62. The number of likely N-dealkylation sites (tertiary alicyclic amines) is 1. The summed E-state index contributed by atoms with van der Waals surface area (Å²) in [5.41, 5.74) is 6.65. The number of aliphatic carboxylic acids is 1. The number of nitrogens with two attached hydrogens (primary N) is 1. The number of carboxylic acid groups (broad SMARTS) is 1. The van der Waals surface area contributed by atoms with Crippen molar-refractivity contribution in [1.82, 2.24) is 15.5 Å². The lowest BCUT2D eigenvalue weighted by Gasteiger charge is -2.27. The van der Waals surface area contributed by atoms with Crippen LogP contribution in [0.1, 0.15) is 38.7 Å². The second-order valence-electron chi connectivity index (χ2n) is 8.29. The molecule has 9 nitrogen and oxygen atoms in total. The highest BCUT2D eigenvalue weighted by Crippen LogP contribution is 2.19. The predicted octanol–water partition coefficient (Wildman–Crippen LogP) is 0.279. The summed E-state index contributed by atoms with van der Waals surface area (Å²) < 4.78 is 0. The Balaban J connectivity index is 2.04. The summed E-state index contributed by atoms with van der Waals surface area (Å²) in [7, 11) is 0. The van der Waals surface area contributed by atoms with E-state index in [9.17, 15) is 24.3 Å². The summed E-state index contributed by atoms with van der Waals surface area (Å²) in [4.78, 5) is 50.5. The van der Waals surface area contributed by atoms with E-state index in [1.807, 2.05) is 44.2 Å². The molecule has 1 heterocycles. The first-order chi connectivity index (χ1) is 14.7. The third kappa shape index (κ3) is 7.36. The van der Waals surface area contributed by atoms with Gasteiger partial charge in [-0.2, -0.15) is 0 Å². The van der Waals surface area contributed by atoms with Crippen LogP contribution in [0.25, 0.3) is 0 Å². The van der Waals surface area contributed by atoms with Crippen molar-refractivity contribution in [1.29, 1.82) is 0 Å². The molecule has 31 heavy (non-hydrogen) atoms. The zero-order valence-electron chi connectivity index (χ0n) is 18.0. The van der Waals surface area contributed by atoms with E-state index in [0.29, 0.717) is 25.8 Å². The first-order valence-corrected chi connectivity index (χ1v) is 10.6. The maximum absolute atomic E-state index is 13.1. The van der Waals surface area contributed by atoms with Crippen LogP contribution in [0, 0.1) is 5.92 Å². The summed E-state index contributed by atoms with van der Waals surface area (Å²) in [6.07, 6.45) is 1.69. The number of carbonyl (C=O) groups is 4. The minimum absolute atomic E-state index is 0.217. The SMILES string of the molecule is CC(C)CC(N)C(=O)NCC(=O)NC(Cc1ccccc1)C(=O)N1CCCC1C(=O)O. The highest BCUT2D eigenvalue weighted by molar-refractivity contribution is 5.93. The average molecular weight is 433 g/mol. The van der Waals surface area contributed by atoms with Crippen LogP contribution in [-0.2, 0) is 25.6 Å². The highest BCUT2D eigenvalue weighted by atomic mass is 16.4. The Hall–Kier alpha value is -2.94. The molecular weight excluding hydrogens is 400 g/mol. The Labute approximate surface area is 182 Å². The molecule has 1 aliphatic rings. The smallest absolute Gasteiger partial charge is 0.326 e. The summed E-state index contributed by atoms with van der Waals surface area (Å²) in [5.74, 6) is -2.22. The van der Waals surface area contributed by atoms with E-state index in [4.69, 9.17) is 5.73 Å². The second-order valence-corrected chi connectivity index (χ2v) is 8.29. The van der Waals surface area contributed by atoms with Crippen LogP contribution >= 0.6 is 0 Å². The maximum Gasteiger partial charge on any atom is 0.326 e. The zero-order chi connectivity index (χ0) is 23.0. The van der Waals surface area contributed by atoms with Gasteiger partial charge in [-0.15, -0.1) is 0 Å². The van der Waals surface area contributed by atoms with E-state index in [1.54, 1.807) is 0 Å². The molecule has 3 atom stereocenters. The van der Waals surface area contributed by atoms with E-state index >= 15 is 0 Å². The van der Waals surface area contributed by atoms with Crippen molar-refractivity contribution in [2.45, 2.75) is 57.7 Å². The number of amides is 3. The Morgan fingerprint density at radius 1 is 1.19 bits per heavy atom. The van der Waals surface area contributed by atoms with Gasteiger partial charge in [-0.05, 0) is 30.7 Å². The van der Waals surface area contributed by atoms with E-state index in [0.717, 1.165) is 5.56 Å². The van der Waals surface area contributed by atoms with Crippen LogP contribution in [0.5, 0.6) is 0 Å². The van der Waals surface area contributed by atoms with Crippen LogP contribution < -0.4 is 16.4 Å². The van der Waals surface area contributed by atoms with Crippen LogP contribution in [-0.4, -0.2) is 64.9 Å².